The maximum Gasteiger partial charge on any atom is 0.259 e. The van der Waals surface area contributed by atoms with Gasteiger partial charge in [0, 0.05) is 24.3 Å². The van der Waals surface area contributed by atoms with E-state index in [0.717, 1.165) is 21.5 Å². The van der Waals surface area contributed by atoms with Crippen molar-refractivity contribution < 1.29 is 9.53 Å². The number of hydrogen-bond donors (Lipinski definition) is 2. The first-order chi connectivity index (χ1) is 17.4. The SMILES string of the molecule is Cc1ccc(-c2c(C#N)c(N)nc3c(C(=O)N4CC(C)OC(C)C4)c(Nc4ccccc4)sc23)cc1. The molecular formula is C28H27N5O2S. The Morgan fingerprint density at radius 1 is 1.14 bits per heavy atom. The van der Waals surface area contributed by atoms with Crippen molar-refractivity contribution in [1.29, 1.82) is 5.26 Å². The zero-order valence-electron chi connectivity index (χ0n) is 20.4. The second kappa shape index (κ2) is 9.61. The van der Waals surface area contributed by atoms with Crippen molar-refractivity contribution in [2.75, 3.05) is 24.1 Å². The number of fused-ring (bicyclic) bond motifs is 1. The van der Waals surface area contributed by atoms with Gasteiger partial charge in [-0.25, -0.2) is 4.98 Å². The van der Waals surface area contributed by atoms with Gasteiger partial charge in [0.25, 0.3) is 5.91 Å². The fourth-order valence-corrected chi connectivity index (χ4v) is 5.89. The number of benzene rings is 2. The van der Waals surface area contributed by atoms with Gasteiger partial charge in [0.05, 0.1) is 22.4 Å². The van der Waals surface area contributed by atoms with E-state index in [9.17, 15) is 10.1 Å². The third-order valence-electron chi connectivity index (χ3n) is 6.25. The summed E-state index contributed by atoms with van der Waals surface area (Å²) in [6.07, 6.45) is -0.140. The predicted octanol–water partition coefficient (Wildman–Crippen LogP) is 5.72. The average molecular weight is 498 g/mol. The highest BCUT2D eigenvalue weighted by Gasteiger charge is 2.32. The Labute approximate surface area is 214 Å². The van der Waals surface area contributed by atoms with Crippen molar-refractivity contribution in [3.05, 3.63) is 71.3 Å². The zero-order valence-corrected chi connectivity index (χ0v) is 21.2. The van der Waals surface area contributed by atoms with Gasteiger partial charge >= 0.3 is 0 Å². The number of hydrogen-bond acceptors (Lipinski definition) is 7. The summed E-state index contributed by atoms with van der Waals surface area (Å²) in [5.41, 5.74) is 11.1. The molecule has 0 spiro atoms. The Morgan fingerprint density at radius 2 is 1.81 bits per heavy atom. The monoisotopic (exact) mass is 497 g/mol. The Hall–Kier alpha value is -3.93. The molecule has 1 saturated heterocycles. The van der Waals surface area contributed by atoms with Crippen LogP contribution in [0.2, 0.25) is 0 Å². The van der Waals surface area contributed by atoms with E-state index in [1.807, 2.05) is 80.3 Å². The number of nitrogen functional groups attached to an aromatic ring is 1. The molecule has 0 saturated carbocycles. The number of nitrogens with two attached hydrogens (primary N) is 1. The molecule has 5 rings (SSSR count). The van der Waals surface area contributed by atoms with Crippen LogP contribution in [-0.2, 0) is 4.74 Å². The van der Waals surface area contributed by atoms with E-state index in [1.54, 1.807) is 0 Å². The molecule has 3 heterocycles. The Bertz CT molecular complexity index is 1460. The predicted molar refractivity (Wildman–Crippen MR) is 145 cm³/mol. The van der Waals surface area contributed by atoms with Crippen LogP contribution in [0.5, 0.6) is 0 Å². The van der Waals surface area contributed by atoms with Crippen molar-refractivity contribution in [2.45, 2.75) is 33.0 Å². The first-order valence-electron chi connectivity index (χ1n) is 11.9. The number of amides is 1. The molecule has 0 bridgehead atoms. The Morgan fingerprint density at radius 3 is 2.44 bits per heavy atom. The second-order valence-electron chi connectivity index (χ2n) is 9.17. The molecule has 0 radical (unpaired) electrons. The van der Waals surface area contributed by atoms with Crippen LogP contribution in [-0.4, -0.2) is 41.1 Å². The summed E-state index contributed by atoms with van der Waals surface area (Å²) < 4.78 is 6.61. The summed E-state index contributed by atoms with van der Waals surface area (Å²) >= 11 is 1.42. The van der Waals surface area contributed by atoms with E-state index in [2.05, 4.69) is 16.4 Å². The molecule has 2 unspecified atom stereocenters. The number of pyridine rings is 1. The van der Waals surface area contributed by atoms with E-state index in [4.69, 9.17) is 10.5 Å². The number of nitrogens with zero attached hydrogens (tertiary/aromatic N) is 3. The lowest BCUT2D eigenvalue weighted by Gasteiger charge is -2.35. The highest BCUT2D eigenvalue weighted by molar-refractivity contribution is 7.24. The Kier molecular flexibility index (Phi) is 6.35. The minimum Gasteiger partial charge on any atom is -0.383 e. The molecule has 36 heavy (non-hydrogen) atoms. The normalized spacial score (nSPS) is 17.7. The van der Waals surface area contributed by atoms with Crippen molar-refractivity contribution in [1.82, 2.24) is 9.88 Å². The number of ether oxygens (including phenoxy) is 1. The number of nitriles is 1. The lowest BCUT2D eigenvalue weighted by Crippen LogP contribution is -2.48. The van der Waals surface area contributed by atoms with Gasteiger partial charge in [-0.2, -0.15) is 5.26 Å². The van der Waals surface area contributed by atoms with Crippen molar-refractivity contribution in [2.24, 2.45) is 0 Å². The lowest BCUT2D eigenvalue weighted by atomic mass is 9.99. The quantitative estimate of drug-likeness (QED) is 0.374. The molecule has 182 valence electrons. The smallest absolute Gasteiger partial charge is 0.259 e. The van der Waals surface area contributed by atoms with Gasteiger partial charge in [0.1, 0.15) is 28.0 Å². The fraction of sp³-hybridized carbons (Fsp3) is 0.250. The molecule has 1 aliphatic heterocycles. The topological polar surface area (TPSA) is 104 Å². The van der Waals surface area contributed by atoms with Gasteiger partial charge in [-0.1, -0.05) is 48.0 Å². The molecule has 2 aromatic heterocycles. The first-order valence-corrected chi connectivity index (χ1v) is 12.7. The molecular weight excluding hydrogens is 470 g/mol. The molecule has 1 aliphatic rings. The zero-order chi connectivity index (χ0) is 25.4. The molecule has 2 atom stereocenters. The highest BCUT2D eigenvalue weighted by Crippen LogP contribution is 2.45. The van der Waals surface area contributed by atoms with Gasteiger partial charge in [0.2, 0.25) is 0 Å². The maximum atomic E-state index is 14.0. The third kappa shape index (κ3) is 4.39. The van der Waals surface area contributed by atoms with Gasteiger partial charge in [-0.3, -0.25) is 4.79 Å². The minimum atomic E-state index is -0.131. The van der Waals surface area contributed by atoms with E-state index in [0.29, 0.717) is 40.3 Å². The number of morpholine rings is 1. The van der Waals surface area contributed by atoms with Crippen LogP contribution in [0.25, 0.3) is 21.3 Å². The van der Waals surface area contributed by atoms with Crippen LogP contribution in [0.15, 0.2) is 54.6 Å². The number of carbonyl (C=O) groups excluding carboxylic acids is 1. The first kappa shape index (κ1) is 23.8. The molecule has 8 heteroatoms. The summed E-state index contributed by atoms with van der Waals surface area (Å²) in [6, 6.07) is 19.9. The molecule has 3 N–H and O–H groups in total. The molecule has 7 nitrogen and oxygen atoms in total. The summed E-state index contributed by atoms with van der Waals surface area (Å²) in [5, 5.41) is 14.1. The average Bonchev–Trinajstić information content (AvgIpc) is 3.20. The number of anilines is 3. The number of nitrogens with one attached hydrogen (secondary N) is 1. The molecule has 1 amide bonds. The summed E-state index contributed by atoms with van der Waals surface area (Å²) in [7, 11) is 0. The lowest BCUT2D eigenvalue weighted by molar-refractivity contribution is -0.0585. The molecule has 1 fully saturated rings. The number of carbonyl (C=O) groups is 1. The Balaban J connectivity index is 1.75. The van der Waals surface area contributed by atoms with Gasteiger partial charge in [0.15, 0.2) is 0 Å². The van der Waals surface area contributed by atoms with E-state index < -0.39 is 0 Å². The van der Waals surface area contributed by atoms with Crippen LogP contribution in [0, 0.1) is 18.3 Å². The van der Waals surface area contributed by atoms with E-state index in [1.165, 1.54) is 11.3 Å². The van der Waals surface area contributed by atoms with Gasteiger partial charge in [-0.15, -0.1) is 11.3 Å². The van der Waals surface area contributed by atoms with Crippen LogP contribution >= 0.6 is 11.3 Å². The number of rotatable bonds is 4. The van der Waals surface area contributed by atoms with Crippen molar-refractivity contribution >= 4 is 44.0 Å². The number of thiophene rings is 1. The van der Waals surface area contributed by atoms with Crippen molar-refractivity contribution in [3.8, 4) is 17.2 Å². The van der Waals surface area contributed by atoms with Crippen molar-refractivity contribution in [3.63, 3.8) is 0 Å². The van der Waals surface area contributed by atoms with Crippen LogP contribution in [0.1, 0.15) is 35.3 Å². The van der Waals surface area contributed by atoms with E-state index >= 15 is 0 Å². The van der Waals surface area contributed by atoms with Gasteiger partial charge < -0.3 is 20.7 Å². The fourth-order valence-electron chi connectivity index (χ4n) is 4.67. The number of aromatic nitrogens is 1. The largest absolute Gasteiger partial charge is 0.383 e. The van der Waals surface area contributed by atoms with Crippen LogP contribution < -0.4 is 11.1 Å². The summed E-state index contributed by atoms with van der Waals surface area (Å²) in [5.74, 6) is -0.0180. The third-order valence-corrected chi connectivity index (χ3v) is 7.36. The molecule has 0 aliphatic carbocycles. The number of para-hydroxylation sites is 1. The second-order valence-corrected chi connectivity index (χ2v) is 10.2. The molecule has 2 aromatic carbocycles. The van der Waals surface area contributed by atoms with Gasteiger partial charge in [-0.05, 0) is 38.5 Å². The highest BCUT2D eigenvalue weighted by atomic mass is 32.1. The van der Waals surface area contributed by atoms with Crippen LogP contribution in [0.4, 0.5) is 16.5 Å². The maximum absolute atomic E-state index is 14.0. The minimum absolute atomic E-state index is 0.0699. The standard InChI is InChI=1S/C28H27N5O2S/c1-16-9-11-19(12-10-16)22-21(13-29)26(30)32-24-23(28(34)33-14-17(2)35-18(3)15-33)27(36-25(22)24)31-20-7-5-4-6-8-20/h4-12,17-18,31H,14-15H2,1-3H3,(H2,30,32). The summed E-state index contributed by atoms with van der Waals surface area (Å²) in [6.45, 7) is 6.93. The number of aryl methyl sites for hydroxylation is 1. The van der Waals surface area contributed by atoms with Crippen LogP contribution in [0.3, 0.4) is 0 Å². The van der Waals surface area contributed by atoms with E-state index in [-0.39, 0.29) is 23.9 Å². The summed E-state index contributed by atoms with van der Waals surface area (Å²) in [4.78, 5) is 20.5. The molecule has 4 aromatic rings.